The molecule has 1 atom stereocenters. The Labute approximate surface area is 104 Å². The summed E-state index contributed by atoms with van der Waals surface area (Å²) in [5.41, 5.74) is 7.94. The highest BCUT2D eigenvalue weighted by Gasteiger charge is 2.28. The van der Waals surface area contributed by atoms with Gasteiger partial charge in [0.05, 0.1) is 11.4 Å². The van der Waals surface area contributed by atoms with E-state index in [1.807, 2.05) is 11.7 Å². The second-order valence-electron chi connectivity index (χ2n) is 5.62. The van der Waals surface area contributed by atoms with E-state index >= 15 is 0 Å². The SMILES string of the molecule is CC(C)c1nn(C)c(NCC(C)C2CC2)c1N. The summed E-state index contributed by atoms with van der Waals surface area (Å²) in [6.07, 6.45) is 2.78. The smallest absolute Gasteiger partial charge is 0.147 e. The van der Waals surface area contributed by atoms with Crippen molar-refractivity contribution in [1.82, 2.24) is 9.78 Å². The van der Waals surface area contributed by atoms with Gasteiger partial charge in [0.1, 0.15) is 5.82 Å². The molecule has 4 nitrogen and oxygen atoms in total. The maximum absolute atomic E-state index is 6.14. The summed E-state index contributed by atoms with van der Waals surface area (Å²) in [5, 5.41) is 7.93. The van der Waals surface area contributed by atoms with Crippen molar-refractivity contribution < 1.29 is 0 Å². The van der Waals surface area contributed by atoms with Gasteiger partial charge in [-0.2, -0.15) is 5.10 Å². The van der Waals surface area contributed by atoms with E-state index in [2.05, 4.69) is 31.2 Å². The van der Waals surface area contributed by atoms with Gasteiger partial charge in [-0.1, -0.05) is 20.8 Å². The van der Waals surface area contributed by atoms with Crippen LogP contribution in [0.15, 0.2) is 0 Å². The van der Waals surface area contributed by atoms with E-state index < -0.39 is 0 Å². The number of nitrogens with zero attached hydrogens (tertiary/aromatic N) is 2. The predicted octanol–water partition coefficient (Wildman–Crippen LogP) is 2.58. The van der Waals surface area contributed by atoms with Crippen molar-refractivity contribution in [3.63, 3.8) is 0 Å². The zero-order valence-corrected chi connectivity index (χ0v) is 11.3. The Morgan fingerprint density at radius 2 is 2.06 bits per heavy atom. The Kier molecular flexibility index (Phi) is 3.31. The average Bonchev–Trinajstić information content (AvgIpc) is 3.05. The molecule has 1 aliphatic carbocycles. The summed E-state index contributed by atoms with van der Waals surface area (Å²) in [5.74, 6) is 2.99. The number of anilines is 2. The third-order valence-electron chi connectivity index (χ3n) is 3.68. The largest absolute Gasteiger partial charge is 0.394 e. The first-order chi connectivity index (χ1) is 8.00. The molecule has 1 fully saturated rings. The molecule has 3 N–H and O–H groups in total. The van der Waals surface area contributed by atoms with Crippen LogP contribution in [0.3, 0.4) is 0 Å². The van der Waals surface area contributed by atoms with Gasteiger partial charge in [-0.15, -0.1) is 0 Å². The standard InChI is InChI=1S/C13H24N4/c1-8(2)12-11(14)13(17(4)16-12)15-7-9(3)10-5-6-10/h8-10,15H,5-7,14H2,1-4H3. The van der Waals surface area contributed by atoms with E-state index in [-0.39, 0.29) is 0 Å². The molecule has 0 amide bonds. The summed E-state index contributed by atoms with van der Waals surface area (Å²) < 4.78 is 1.87. The Balaban J connectivity index is 2.04. The molecule has 4 heteroatoms. The quantitative estimate of drug-likeness (QED) is 0.826. The van der Waals surface area contributed by atoms with Crippen molar-refractivity contribution in [3.05, 3.63) is 5.69 Å². The lowest BCUT2D eigenvalue weighted by Gasteiger charge is -2.13. The van der Waals surface area contributed by atoms with Crippen LogP contribution in [0.4, 0.5) is 11.5 Å². The number of aryl methyl sites for hydroxylation is 1. The molecule has 17 heavy (non-hydrogen) atoms. The van der Waals surface area contributed by atoms with E-state index in [0.717, 1.165) is 35.6 Å². The summed E-state index contributed by atoms with van der Waals surface area (Å²) in [6, 6.07) is 0. The lowest BCUT2D eigenvalue weighted by atomic mass is 10.1. The Morgan fingerprint density at radius 1 is 1.41 bits per heavy atom. The molecular weight excluding hydrogens is 212 g/mol. The van der Waals surface area contributed by atoms with Crippen molar-refractivity contribution in [3.8, 4) is 0 Å². The van der Waals surface area contributed by atoms with Crippen LogP contribution in [0.1, 0.15) is 45.2 Å². The summed E-state index contributed by atoms with van der Waals surface area (Å²) in [4.78, 5) is 0. The zero-order valence-electron chi connectivity index (χ0n) is 11.3. The van der Waals surface area contributed by atoms with E-state index in [4.69, 9.17) is 5.73 Å². The average molecular weight is 236 g/mol. The van der Waals surface area contributed by atoms with Crippen LogP contribution in [-0.4, -0.2) is 16.3 Å². The fourth-order valence-electron chi connectivity index (χ4n) is 2.29. The Hall–Kier alpha value is -1.19. The van der Waals surface area contributed by atoms with E-state index in [9.17, 15) is 0 Å². The minimum atomic E-state index is 0.373. The summed E-state index contributed by atoms with van der Waals surface area (Å²) in [7, 11) is 1.95. The fraction of sp³-hybridized carbons (Fsp3) is 0.769. The van der Waals surface area contributed by atoms with Gasteiger partial charge < -0.3 is 11.1 Å². The third-order valence-corrected chi connectivity index (χ3v) is 3.68. The lowest BCUT2D eigenvalue weighted by Crippen LogP contribution is -2.15. The Bertz CT molecular complexity index is 390. The molecule has 1 unspecified atom stereocenters. The molecule has 0 aromatic carbocycles. The van der Waals surface area contributed by atoms with Crippen LogP contribution in [0.25, 0.3) is 0 Å². The number of rotatable bonds is 5. The first kappa shape index (κ1) is 12.3. The van der Waals surface area contributed by atoms with Crippen LogP contribution >= 0.6 is 0 Å². The van der Waals surface area contributed by atoms with Gasteiger partial charge in [0, 0.05) is 13.6 Å². The number of hydrogen-bond donors (Lipinski definition) is 2. The fourth-order valence-corrected chi connectivity index (χ4v) is 2.29. The molecule has 1 aromatic rings. The first-order valence-electron chi connectivity index (χ1n) is 6.57. The van der Waals surface area contributed by atoms with Crippen LogP contribution < -0.4 is 11.1 Å². The van der Waals surface area contributed by atoms with Gasteiger partial charge in [-0.3, -0.25) is 4.68 Å². The highest BCUT2D eigenvalue weighted by Crippen LogP contribution is 2.37. The lowest BCUT2D eigenvalue weighted by molar-refractivity contribution is 0.534. The molecule has 0 radical (unpaired) electrons. The second-order valence-corrected chi connectivity index (χ2v) is 5.62. The number of hydrogen-bond acceptors (Lipinski definition) is 3. The molecule has 0 saturated heterocycles. The maximum Gasteiger partial charge on any atom is 0.147 e. The second kappa shape index (κ2) is 4.59. The zero-order chi connectivity index (χ0) is 12.6. The topological polar surface area (TPSA) is 55.9 Å². The molecular formula is C13H24N4. The highest BCUT2D eigenvalue weighted by atomic mass is 15.3. The predicted molar refractivity (Wildman–Crippen MR) is 72.1 cm³/mol. The van der Waals surface area contributed by atoms with Gasteiger partial charge in [-0.05, 0) is 30.6 Å². The summed E-state index contributed by atoms with van der Waals surface area (Å²) in [6.45, 7) is 7.54. The van der Waals surface area contributed by atoms with Crippen LogP contribution in [0.2, 0.25) is 0 Å². The molecule has 0 bridgehead atoms. The molecule has 0 spiro atoms. The number of nitrogens with two attached hydrogens (primary N) is 1. The van der Waals surface area contributed by atoms with E-state index in [0.29, 0.717) is 5.92 Å². The molecule has 0 aliphatic heterocycles. The number of nitrogens with one attached hydrogen (secondary N) is 1. The van der Waals surface area contributed by atoms with Crippen LogP contribution in [0, 0.1) is 11.8 Å². The van der Waals surface area contributed by atoms with Crippen molar-refractivity contribution in [2.24, 2.45) is 18.9 Å². The van der Waals surface area contributed by atoms with Gasteiger partial charge in [0.15, 0.2) is 0 Å². The molecule has 1 aliphatic rings. The van der Waals surface area contributed by atoms with Crippen molar-refractivity contribution in [2.75, 3.05) is 17.6 Å². The number of aromatic nitrogens is 2. The minimum Gasteiger partial charge on any atom is -0.394 e. The molecule has 2 rings (SSSR count). The van der Waals surface area contributed by atoms with Crippen LogP contribution in [-0.2, 0) is 7.05 Å². The van der Waals surface area contributed by atoms with Crippen molar-refractivity contribution in [2.45, 2.75) is 39.5 Å². The Morgan fingerprint density at radius 3 is 2.53 bits per heavy atom. The van der Waals surface area contributed by atoms with Crippen molar-refractivity contribution >= 4 is 11.5 Å². The summed E-state index contributed by atoms with van der Waals surface area (Å²) >= 11 is 0. The number of nitrogen functional groups attached to an aromatic ring is 1. The van der Waals surface area contributed by atoms with Gasteiger partial charge in [0.2, 0.25) is 0 Å². The maximum atomic E-state index is 6.14. The molecule has 1 saturated carbocycles. The molecule has 1 heterocycles. The highest BCUT2D eigenvalue weighted by molar-refractivity contribution is 5.65. The molecule has 1 aromatic heterocycles. The first-order valence-corrected chi connectivity index (χ1v) is 6.57. The third kappa shape index (κ3) is 2.56. The van der Waals surface area contributed by atoms with Gasteiger partial charge in [-0.25, -0.2) is 0 Å². The van der Waals surface area contributed by atoms with Gasteiger partial charge >= 0.3 is 0 Å². The van der Waals surface area contributed by atoms with Gasteiger partial charge in [0.25, 0.3) is 0 Å². The van der Waals surface area contributed by atoms with Crippen LogP contribution in [0.5, 0.6) is 0 Å². The molecule has 96 valence electrons. The normalized spacial score (nSPS) is 17.5. The monoisotopic (exact) mass is 236 g/mol. The van der Waals surface area contributed by atoms with E-state index in [1.165, 1.54) is 12.8 Å². The minimum absolute atomic E-state index is 0.373. The van der Waals surface area contributed by atoms with Crippen molar-refractivity contribution in [1.29, 1.82) is 0 Å². The van der Waals surface area contributed by atoms with E-state index in [1.54, 1.807) is 0 Å².